The molecule has 0 aliphatic heterocycles. The first-order valence-electron chi connectivity index (χ1n) is 4.90. The van der Waals surface area contributed by atoms with Gasteiger partial charge in [-0.3, -0.25) is 9.59 Å². The van der Waals surface area contributed by atoms with Crippen LogP contribution in [0.3, 0.4) is 0 Å². The fraction of sp³-hybridized carbons (Fsp3) is 0.273. The molecule has 1 aromatic rings. The Bertz CT molecular complexity index is 389. The lowest BCUT2D eigenvalue weighted by Crippen LogP contribution is -2.26. The number of nitrogens with zero attached hydrogens (tertiary/aromatic N) is 1. The normalized spacial score (nSPS) is 9.88. The van der Waals surface area contributed by atoms with E-state index in [4.69, 9.17) is 17.5 Å². The standard InChI is InChI=1S/C11H13ClN2O2/c1-2-8-3-5-9(6-4-8)14(12)11(16)7-10(13)15/h3-6H,2,7H2,1H3,(H2,13,15). The largest absolute Gasteiger partial charge is 0.369 e. The van der Waals surface area contributed by atoms with Gasteiger partial charge in [-0.25, -0.2) is 4.42 Å². The van der Waals surface area contributed by atoms with Gasteiger partial charge in [0.25, 0.3) is 5.91 Å². The number of nitrogens with two attached hydrogens (primary N) is 1. The van der Waals surface area contributed by atoms with Crippen molar-refractivity contribution in [1.82, 2.24) is 0 Å². The predicted octanol–water partition coefficient (Wildman–Crippen LogP) is 1.61. The molecule has 2 amide bonds. The van der Waals surface area contributed by atoms with Crippen molar-refractivity contribution in [3.8, 4) is 0 Å². The first kappa shape index (κ1) is 12.5. The number of aryl methyl sites for hydroxylation is 1. The molecule has 5 heteroatoms. The first-order chi connectivity index (χ1) is 7.54. The molecule has 86 valence electrons. The zero-order chi connectivity index (χ0) is 12.1. The lowest BCUT2D eigenvalue weighted by molar-refractivity contribution is -0.125. The van der Waals surface area contributed by atoms with E-state index in [1.54, 1.807) is 12.1 Å². The summed E-state index contributed by atoms with van der Waals surface area (Å²) in [7, 11) is 0. The van der Waals surface area contributed by atoms with Crippen LogP contribution in [0.15, 0.2) is 24.3 Å². The molecule has 0 saturated carbocycles. The van der Waals surface area contributed by atoms with E-state index >= 15 is 0 Å². The molecule has 0 fully saturated rings. The van der Waals surface area contributed by atoms with Crippen LogP contribution in [-0.4, -0.2) is 11.8 Å². The van der Waals surface area contributed by atoms with Gasteiger partial charge in [0.05, 0.1) is 5.69 Å². The molecule has 0 saturated heterocycles. The summed E-state index contributed by atoms with van der Waals surface area (Å²) < 4.78 is 0.907. The van der Waals surface area contributed by atoms with Crippen LogP contribution in [0.25, 0.3) is 0 Å². The zero-order valence-corrected chi connectivity index (χ0v) is 9.70. The molecular weight excluding hydrogens is 228 g/mol. The topological polar surface area (TPSA) is 63.4 Å². The van der Waals surface area contributed by atoms with Gasteiger partial charge in [0.1, 0.15) is 6.42 Å². The maximum Gasteiger partial charge on any atom is 0.251 e. The monoisotopic (exact) mass is 240 g/mol. The quantitative estimate of drug-likeness (QED) is 0.642. The Morgan fingerprint density at radius 2 is 1.88 bits per heavy atom. The van der Waals surface area contributed by atoms with E-state index in [9.17, 15) is 9.59 Å². The van der Waals surface area contributed by atoms with Gasteiger partial charge in [0, 0.05) is 11.8 Å². The maximum atomic E-state index is 11.4. The van der Waals surface area contributed by atoms with Crippen molar-refractivity contribution in [3.63, 3.8) is 0 Å². The minimum atomic E-state index is -0.694. The van der Waals surface area contributed by atoms with E-state index in [1.165, 1.54) is 0 Å². The van der Waals surface area contributed by atoms with Crippen molar-refractivity contribution in [3.05, 3.63) is 29.8 Å². The third kappa shape index (κ3) is 3.24. The second-order valence-corrected chi connectivity index (χ2v) is 3.68. The van der Waals surface area contributed by atoms with Crippen molar-refractivity contribution in [2.24, 2.45) is 5.73 Å². The third-order valence-electron chi connectivity index (χ3n) is 2.12. The van der Waals surface area contributed by atoms with Crippen LogP contribution in [0, 0.1) is 0 Å². The molecule has 16 heavy (non-hydrogen) atoms. The SMILES string of the molecule is CCc1ccc(N(Cl)C(=O)CC(N)=O)cc1. The molecule has 2 N–H and O–H groups in total. The molecule has 0 heterocycles. The van der Waals surface area contributed by atoms with Crippen LogP contribution in [0.4, 0.5) is 5.69 Å². The molecule has 0 aliphatic carbocycles. The number of rotatable bonds is 4. The predicted molar refractivity (Wildman–Crippen MR) is 63.0 cm³/mol. The van der Waals surface area contributed by atoms with Crippen molar-refractivity contribution in [1.29, 1.82) is 0 Å². The molecule has 0 aromatic heterocycles. The van der Waals surface area contributed by atoms with Gasteiger partial charge in [0.15, 0.2) is 0 Å². The smallest absolute Gasteiger partial charge is 0.251 e. The minimum Gasteiger partial charge on any atom is -0.369 e. The van der Waals surface area contributed by atoms with Gasteiger partial charge in [-0.1, -0.05) is 19.1 Å². The van der Waals surface area contributed by atoms with E-state index in [0.717, 1.165) is 16.4 Å². The molecule has 1 aromatic carbocycles. The Morgan fingerprint density at radius 1 is 1.31 bits per heavy atom. The van der Waals surface area contributed by atoms with E-state index in [2.05, 4.69) is 0 Å². The summed E-state index contributed by atoms with van der Waals surface area (Å²) in [5.41, 5.74) is 6.59. The highest BCUT2D eigenvalue weighted by molar-refractivity contribution is 6.37. The van der Waals surface area contributed by atoms with E-state index in [0.29, 0.717) is 5.69 Å². The Balaban J connectivity index is 2.75. The Hall–Kier alpha value is -1.55. The lowest BCUT2D eigenvalue weighted by atomic mass is 10.1. The molecular formula is C11H13ClN2O2. The van der Waals surface area contributed by atoms with Crippen LogP contribution in [0.1, 0.15) is 18.9 Å². The molecule has 0 aliphatic rings. The Labute approximate surface area is 99.1 Å². The fourth-order valence-corrected chi connectivity index (χ4v) is 1.40. The van der Waals surface area contributed by atoms with E-state index < -0.39 is 11.8 Å². The van der Waals surface area contributed by atoms with E-state index in [1.807, 2.05) is 19.1 Å². The molecule has 4 nitrogen and oxygen atoms in total. The van der Waals surface area contributed by atoms with Gasteiger partial charge in [-0.05, 0) is 24.1 Å². The molecule has 1 rings (SSSR count). The van der Waals surface area contributed by atoms with Crippen molar-refractivity contribution in [2.75, 3.05) is 4.42 Å². The summed E-state index contributed by atoms with van der Waals surface area (Å²) in [5.74, 6) is -1.22. The van der Waals surface area contributed by atoms with Gasteiger partial charge in [-0.15, -0.1) is 0 Å². The number of primary amides is 1. The summed E-state index contributed by atoms with van der Waals surface area (Å²) in [6.45, 7) is 2.03. The number of hydrogen-bond acceptors (Lipinski definition) is 2. The number of carbonyl (C=O) groups excluding carboxylic acids is 2. The van der Waals surface area contributed by atoms with Crippen molar-refractivity contribution in [2.45, 2.75) is 19.8 Å². The van der Waals surface area contributed by atoms with Crippen LogP contribution in [0.2, 0.25) is 0 Å². The number of amides is 2. The number of halogens is 1. The van der Waals surface area contributed by atoms with Crippen LogP contribution in [-0.2, 0) is 16.0 Å². The van der Waals surface area contributed by atoms with Gasteiger partial charge in [0.2, 0.25) is 5.91 Å². The number of carbonyl (C=O) groups is 2. The number of anilines is 1. The lowest BCUT2D eigenvalue weighted by Gasteiger charge is -2.13. The Morgan fingerprint density at radius 3 is 2.31 bits per heavy atom. The maximum absolute atomic E-state index is 11.4. The molecule has 0 spiro atoms. The van der Waals surface area contributed by atoms with Crippen LogP contribution < -0.4 is 10.2 Å². The Kier molecular flexibility index (Phi) is 4.31. The molecule has 0 unspecified atom stereocenters. The van der Waals surface area contributed by atoms with Crippen molar-refractivity contribution >= 4 is 29.3 Å². The third-order valence-corrected chi connectivity index (χ3v) is 2.50. The highest BCUT2D eigenvalue weighted by Crippen LogP contribution is 2.18. The summed E-state index contributed by atoms with van der Waals surface area (Å²) >= 11 is 5.77. The zero-order valence-electron chi connectivity index (χ0n) is 8.94. The highest BCUT2D eigenvalue weighted by Gasteiger charge is 2.15. The van der Waals surface area contributed by atoms with Crippen molar-refractivity contribution < 1.29 is 9.59 Å². The summed E-state index contributed by atoms with van der Waals surface area (Å²) in [6.07, 6.45) is 0.525. The summed E-state index contributed by atoms with van der Waals surface area (Å²) in [6, 6.07) is 7.21. The number of hydrogen-bond donors (Lipinski definition) is 1. The van der Waals surface area contributed by atoms with Gasteiger partial charge >= 0.3 is 0 Å². The average molecular weight is 241 g/mol. The second-order valence-electron chi connectivity index (χ2n) is 3.34. The minimum absolute atomic E-state index is 0.390. The average Bonchev–Trinajstić information content (AvgIpc) is 2.27. The molecule has 0 atom stereocenters. The van der Waals surface area contributed by atoms with Crippen LogP contribution in [0.5, 0.6) is 0 Å². The first-order valence-corrected chi connectivity index (χ1v) is 5.24. The van der Waals surface area contributed by atoms with E-state index in [-0.39, 0.29) is 6.42 Å². The summed E-state index contributed by atoms with van der Waals surface area (Å²) in [5, 5.41) is 0. The van der Waals surface area contributed by atoms with Crippen LogP contribution >= 0.6 is 11.8 Å². The fourth-order valence-electron chi connectivity index (χ4n) is 1.22. The van der Waals surface area contributed by atoms with Gasteiger partial charge in [-0.2, -0.15) is 0 Å². The molecule has 0 bridgehead atoms. The summed E-state index contributed by atoms with van der Waals surface area (Å²) in [4.78, 5) is 22.0. The second kappa shape index (κ2) is 5.51. The molecule has 0 radical (unpaired) electrons. The highest BCUT2D eigenvalue weighted by atomic mass is 35.5. The number of benzene rings is 1. The van der Waals surface area contributed by atoms with Gasteiger partial charge < -0.3 is 5.73 Å².